The molecule has 0 amide bonds. The predicted octanol–water partition coefficient (Wildman–Crippen LogP) is 3.07. The standard InChI is InChI=1S/C15H16ClFN2O/c16-12-4-1-3-11(14(12)17)15(13-5-2-10-20-13)19-8-6-18-7-9-19/h1-5,10,15,18H,6-9H2/t15-/m1/s1. The number of nitrogens with one attached hydrogen (secondary N) is 1. The van der Waals surface area contributed by atoms with Crippen LogP contribution in [-0.4, -0.2) is 31.1 Å². The molecular weight excluding hydrogens is 279 g/mol. The van der Waals surface area contributed by atoms with Gasteiger partial charge in [0.05, 0.1) is 17.3 Å². The van der Waals surface area contributed by atoms with Crippen molar-refractivity contribution in [2.24, 2.45) is 0 Å². The molecular formula is C15H16ClFN2O. The number of hydrogen-bond acceptors (Lipinski definition) is 3. The van der Waals surface area contributed by atoms with E-state index in [9.17, 15) is 4.39 Å². The Bertz CT molecular complexity index is 567. The summed E-state index contributed by atoms with van der Waals surface area (Å²) in [6, 6.07) is 8.60. The molecule has 0 radical (unpaired) electrons. The van der Waals surface area contributed by atoms with Crippen molar-refractivity contribution in [2.75, 3.05) is 26.2 Å². The number of nitrogens with zero attached hydrogens (tertiary/aromatic N) is 1. The van der Waals surface area contributed by atoms with Crippen molar-refractivity contribution in [3.63, 3.8) is 0 Å². The van der Waals surface area contributed by atoms with Crippen LogP contribution in [0.5, 0.6) is 0 Å². The van der Waals surface area contributed by atoms with Crippen LogP contribution in [0.1, 0.15) is 17.4 Å². The summed E-state index contributed by atoms with van der Waals surface area (Å²) < 4.78 is 19.9. The van der Waals surface area contributed by atoms with Crippen molar-refractivity contribution in [1.29, 1.82) is 0 Å². The fraction of sp³-hybridized carbons (Fsp3) is 0.333. The zero-order valence-electron chi connectivity index (χ0n) is 11.0. The molecule has 1 N–H and O–H groups in total. The molecule has 0 aliphatic carbocycles. The first kappa shape index (κ1) is 13.6. The van der Waals surface area contributed by atoms with E-state index in [-0.39, 0.29) is 16.9 Å². The summed E-state index contributed by atoms with van der Waals surface area (Å²) in [7, 11) is 0. The van der Waals surface area contributed by atoms with Crippen LogP contribution in [0.25, 0.3) is 0 Å². The van der Waals surface area contributed by atoms with Crippen molar-refractivity contribution >= 4 is 11.6 Å². The summed E-state index contributed by atoms with van der Waals surface area (Å²) in [5.74, 6) is 0.377. The fourth-order valence-electron chi connectivity index (χ4n) is 2.65. The molecule has 1 aliphatic rings. The van der Waals surface area contributed by atoms with Crippen molar-refractivity contribution in [3.05, 3.63) is 58.8 Å². The van der Waals surface area contributed by atoms with E-state index in [2.05, 4.69) is 10.2 Å². The number of furan rings is 1. The van der Waals surface area contributed by atoms with Crippen LogP contribution in [0.15, 0.2) is 41.0 Å². The predicted molar refractivity (Wildman–Crippen MR) is 76.4 cm³/mol. The summed E-state index contributed by atoms with van der Waals surface area (Å²) in [5.41, 5.74) is 0.564. The van der Waals surface area contributed by atoms with Gasteiger partial charge in [0.25, 0.3) is 0 Å². The van der Waals surface area contributed by atoms with Crippen LogP contribution in [0.2, 0.25) is 5.02 Å². The van der Waals surface area contributed by atoms with Crippen LogP contribution in [0.4, 0.5) is 4.39 Å². The normalized spacial score (nSPS) is 18.1. The number of hydrogen-bond donors (Lipinski definition) is 1. The first-order chi connectivity index (χ1) is 9.77. The fourth-order valence-corrected chi connectivity index (χ4v) is 2.83. The molecule has 1 atom stereocenters. The van der Waals surface area contributed by atoms with Gasteiger partial charge in [0, 0.05) is 31.7 Å². The second-order valence-electron chi connectivity index (χ2n) is 4.85. The van der Waals surface area contributed by atoms with E-state index in [0.717, 1.165) is 31.9 Å². The Labute approximate surface area is 122 Å². The molecule has 1 aromatic carbocycles. The maximum absolute atomic E-state index is 14.4. The van der Waals surface area contributed by atoms with E-state index >= 15 is 0 Å². The lowest BCUT2D eigenvalue weighted by molar-refractivity contribution is 0.177. The largest absolute Gasteiger partial charge is 0.467 e. The number of piperazine rings is 1. The highest BCUT2D eigenvalue weighted by Gasteiger charge is 2.28. The Morgan fingerprint density at radius 3 is 2.70 bits per heavy atom. The van der Waals surface area contributed by atoms with Crippen LogP contribution in [0, 0.1) is 5.82 Å². The zero-order valence-corrected chi connectivity index (χ0v) is 11.7. The minimum absolute atomic E-state index is 0.147. The third-order valence-corrected chi connectivity index (χ3v) is 3.90. The molecule has 1 fully saturated rings. The summed E-state index contributed by atoms with van der Waals surface area (Å²) in [6.07, 6.45) is 1.62. The van der Waals surface area contributed by atoms with E-state index in [1.807, 2.05) is 12.1 Å². The SMILES string of the molecule is Fc1c(Cl)cccc1[C@H](c1ccco1)N1CCNCC1. The van der Waals surface area contributed by atoms with Gasteiger partial charge in [-0.05, 0) is 18.2 Å². The molecule has 5 heteroatoms. The first-order valence-corrected chi connectivity index (χ1v) is 7.07. The van der Waals surface area contributed by atoms with Crippen molar-refractivity contribution < 1.29 is 8.81 Å². The van der Waals surface area contributed by atoms with Gasteiger partial charge in [0.1, 0.15) is 11.6 Å². The van der Waals surface area contributed by atoms with E-state index < -0.39 is 0 Å². The van der Waals surface area contributed by atoms with E-state index in [1.165, 1.54) is 0 Å². The highest BCUT2D eigenvalue weighted by atomic mass is 35.5. The summed E-state index contributed by atoms with van der Waals surface area (Å²) in [4.78, 5) is 2.21. The average Bonchev–Trinajstić information content (AvgIpc) is 2.99. The minimum Gasteiger partial charge on any atom is -0.467 e. The summed E-state index contributed by atoms with van der Waals surface area (Å²) in [5, 5.41) is 3.45. The van der Waals surface area contributed by atoms with Crippen molar-refractivity contribution in [2.45, 2.75) is 6.04 Å². The smallest absolute Gasteiger partial charge is 0.147 e. The van der Waals surface area contributed by atoms with Gasteiger partial charge in [-0.2, -0.15) is 0 Å². The van der Waals surface area contributed by atoms with Crippen LogP contribution in [-0.2, 0) is 0 Å². The van der Waals surface area contributed by atoms with Crippen LogP contribution < -0.4 is 5.32 Å². The van der Waals surface area contributed by atoms with Crippen molar-refractivity contribution in [3.8, 4) is 0 Å². The maximum atomic E-state index is 14.4. The number of halogens is 2. The van der Waals surface area contributed by atoms with Gasteiger partial charge in [-0.15, -0.1) is 0 Å². The van der Waals surface area contributed by atoms with Crippen molar-refractivity contribution in [1.82, 2.24) is 10.2 Å². The molecule has 0 spiro atoms. The van der Waals surface area contributed by atoms with E-state index in [1.54, 1.807) is 24.5 Å². The second kappa shape index (κ2) is 5.95. The number of benzene rings is 1. The molecule has 3 nitrogen and oxygen atoms in total. The second-order valence-corrected chi connectivity index (χ2v) is 5.25. The Balaban J connectivity index is 2.03. The Morgan fingerprint density at radius 1 is 1.20 bits per heavy atom. The van der Waals surface area contributed by atoms with Gasteiger partial charge in [-0.1, -0.05) is 23.7 Å². The van der Waals surface area contributed by atoms with Gasteiger partial charge >= 0.3 is 0 Å². The molecule has 0 saturated carbocycles. The highest BCUT2D eigenvalue weighted by molar-refractivity contribution is 6.30. The third kappa shape index (κ3) is 2.59. The van der Waals surface area contributed by atoms with Crippen LogP contribution >= 0.6 is 11.6 Å². The Kier molecular flexibility index (Phi) is 4.05. The molecule has 1 aromatic heterocycles. The molecule has 0 bridgehead atoms. The maximum Gasteiger partial charge on any atom is 0.147 e. The van der Waals surface area contributed by atoms with Gasteiger partial charge < -0.3 is 9.73 Å². The van der Waals surface area contributed by atoms with E-state index in [4.69, 9.17) is 16.0 Å². The topological polar surface area (TPSA) is 28.4 Å². The minimum atomic E-state index is -0.367. The monoisotopic (exact) mass is 294 g/mol. The molecule has 0 unspecified atom stereocenters. The highest BCUT2D eigenvalue weighted by Crippen LogP contribution is 2.33. The molecule has 20 heavy (non-hydrogen) atoms. The van der Waals surface area contributed by atoms with Gasteiger partial charge in [-0.3, -0.25) is 4.90 Å². The molecule has 1 saturated heterocycles. The number of rotatable bonds is 3. The lowest BCUT2D eigenvalue weighted by Gasteiger charge is -2.34. The average molecular weight is 295 g/mol. The summed E-state index contributed by atoms with van der Waals surface area (Å²) >= 11 is 5.92. The Morgan fingerprint density at radius 2 is 2.00 bits per heavy atom. The molecule has 2 aromatic rings. The zero-order chi connectivity index (χ0) is 13.9. The van der Waals surface area contributed by atoms with Gasteiger partial charge in [0.2, 0.25) is 0 Å². The molecule has 1 aliphatic heterocycles. The third-order valence-electron chi connectivity index (χ3n) is 3.61. The lowest BCUT2D eigenvalue weighted by Crippen LogP contribution is -2.45. The molecule has 3 rings (SSSR count). The van der Waals surface area contributed by atoms with Gasteiger partial charge in [-0.25, -0.2) is 4.39 Å². The molecule has 106 valence electrons. The van der Waals surface area contributed by atoms with Gasteiger partial charge in [0.15, 0.2) is 0 Å². The van der Waals surface area contributed by atoms with Crippen LogP contribution in [0.3, 0.4) is 0 Å². The Hall–Kier alpha value is -1.36. The molecule has 2 heterocycles. The van der Waals surface area contributed by atoms with E-state index in [0.29, 0.717) is 5.56 Å². The lowest BCUT2D eigenvalue weighted by atomic mass is 10.0. The quantitative estimate of drug-likeness (QED) is 0.943. The first-order valence-electron chi connectivity index (χ1n) is 6.69. The summed E-state index contributed by atoms with van der Waals surface area (Å²) in [6.45, 7) is 3.47.